The van der Waals surface area contributed by atoms with Crippen LogP contribution in [0.2, 0.25) is 0 Å². The van der Waals surface area contributed by atoms with E-state index in [4.69, 9.17) is 0 Å². The molecule has 194 valence electrons. The predicted octanol–water partition coefficient (Wildman–Crippen LogP) is 5.60. The number of nitrogens with one attached hydrogen (secondary N) is 2. The molecule has 0 aliphatic carbocycles. The van der Waals surface area contributed by atoms with Gasteiger partial charge in [-0.3, -0.25) is 4.98 Å². The highest BCUT2D eigenvalue weighted by Crippen LogP contribution is 2.34. The maximum atomic E-state index is 13.3. The van der Waals surface area contributed by atoms with Crippen molar-refractivity contribution in [2.24, 2.45) is 0 Å². The van der Waals surface area contributed by atoms with Crippen molar-refractivity contribution in [1.29, 1.82) is 5.26 Å². The molecule has 3 aromatic rings. The lowest BCUT2D eigenvalue weighted by atomic mass is 9.90. The zero-order valence-electron chi connectivity index (χ0n) is 21.8. The molecule has 1 heterocycles. The van der Waals surface area contributed by atoms with Gasteiger partial charge in [-0.25, -0.2) is 17.9 Å². The van der Waals surface area contributed by atoms with Crippen LogP contribution in [-0.2, 0) is 15.6 Å². The van der Waals surface area contributed by atoms with Crippen molar-refractivity contribution in [3.63, 3.8) is 0 Å². The lowest BCUT2D eigenvalue weighted by Crippen LogP contribution is -2.35. The van der Waals surface area contributed by atoms with Crippen molar-refractivity contribution in [3.8, 4) is 17.2 Å². The summed E-state index contributed by atoms with van der Waals surface area (Å²) in [7, 11) is -4.31. The number of aliphatic hydroxyl groups is 1. The van der Waals surface area contributed by atoms with Gasteiger partial charge in [-0.1, -0.05) is 27.7 Å². The van der Waals surface area contributed by atoms with Gasteiger partial charge in [0.2, 0.25) is 0 Å². The quantitative estimate of drug-likeness (QED) is 0.371. The summed E-state index contributed by atoms with van der Waals surface area (Å²) in [5.74, 6) is -0.0480. The molecule has 2 amide bonds. The van der Waals surface area contributed by atoms with E-state index in [-0.39, 0.29) is 16.7 Å². The Morgan fingerprint density at radius 3 is 2.03 bits per heavy atom. The Bertz CT molecular complexity index is 1420. The third-order valence-corrected chi connectivity index (χ3v) is 7.29. The fourth-order valence-electron chi connectivity index (χ4n) is 3.95. The van der Waals surface area contributed by atoms with Gasteiger partial charge in [-0.05, 0) is 96.0 Å². The molecule has 3 N–H and O–H groups in total. The molecule has 3 rings (SSSR count). The van der Waals surface area contributed by atoms with E-state index >= 15 is 0 Å². The lowest BCUT2D eigenvalue weighted by molar-refractivity contribution is 0.0784. The zero-order chi connectivity index (χ0) is 27.5. The van der Waals surface area contributed by atoms with Crippen molar-refractivity contribution >= 4 is 21.7 Å². The number of sulfonamides is 1. The van der Waals surface area contributed by atoms with E-state index in [1.165, 1.54) is 12.1 Å². The van der Waals surface area contributed by atoms with E-state index in [9.17, 15) is 23.6 Å². The van der Waals surface area contributed by atoms with Gasteiger partial charge in [0.15, 0.2) is 0 Å². The summed E-state index contributed by atoms with van der Waals surface area (Å²) >= 11 is 0. The molecule has 0 fully saturated rings. The number of carbonyl (C=O) groups excluding carboxylic acids is 1. The highest BCUT2D eigenvalue weighted by molar-refractivity contribution is 7.90. The molecule has 0 saturated carbocycles. The van der Waals surface area contributed by atoms with Crippen molar-refractivity contribution in [1.82, 2.24) is 9.71 Å². The molecule has 0 saturated heterocycles. The number of nitrogens with zero attached hydrogens (tertiary/aromatic N) is 2. The molecular weight excluding hydrogens is 488 g/mol. The van der Waals surface area contributed by atoms with Gasteiger partial charge in [-0.2, -0.15) is 5.26 Å². The Morgan fingerprint density at radius 2 is 1.54 bits per heavy atom. The SMILES string of the molecule is CC(C)c1cc(C#N)cc(C(C)C)c1NC(=O)NS(=O)(=O)c1cc(-c2ccncc2)cc(C(C)(C)O)c1. The average Bonchev–Trinajstić information content (AvgIpc) is 2.83. The number of amides is 2. The summed E-state index contributed by atoms with van der Waals surface area (Å²) in [5.41, 5.74) is 2.74. The molecule has 0 unspecified atom stereocenters. The molecule has 0 bridgehead atoms. The summed E-state index contributed by atoms with van der Waals surface area (Å²) in [6.07, 6.45) is 3.17. The van der Waals surface area contributed by atoms with Gasteiger partial charge in [0.05, 0.1) is 22.1 Å². The first-order valence-electron chi connectivity index (χ1n) is 11.9. The van der Waals surface area contributed by atoms with Crippen LogP contribution in [0, 0.1) is 11.3 Å². The maximum absolute atomic E-state index is 13.3. The summed E-state index contributed by atoms with van der Waals surface area (Å²) in [4.78, 5) is 16.8. The molecule has 0 radical (unpaired) electrons. The van der Waals surface area contributed by atoms with E-state index < -0.39 is 21.7 Å². The Balaban J connectivity index is 2.02. The first kappa shape index (κ1) is 27.8. The number of benzene rings is 2. The zero-order valence-corrected chi connectivity index (χ0v) is 22.6. The molecule has 0 aliphatic heterocycles. The van der Waals surface area contributed by atoms with Crippen molar-refractivity contribution in [2.45, 2.75) is 63.9 Å². The monoisotopic (exact) mass is 520 g/mol. The fraction of sp³-hybridized carbons (Fsp3) is 0.321. The average molecular weight is 521 g/mol. The van der Waals surface area contributed by atoms with E-state index in [0.717, 1.165) is 11.1 Å². The Labute approximate surface area is 218 Å². The predicted molar refractivity (Wildman–Crippen MR) is 144 cm³/mol. The summed E-state index contributed by atoms with van der Waals surface area (Å²) in [5, 5.41) is 22.8. The van der Waals surface area contributed by atoms with Gasteiger partial charge in [0, 0.05) is 18.1 Å². The molecular formula is C28H32N4O4S. The molecule has 9 heteroatoms. The number of hydrogen-bond donors (Lipinski definition) is 3. The third-order valence-electron chi connectivity index (χ3n) is 5.97. The number of anilines is 1. The van der Waals surface area contributed by atoms with Crippen LogP contribution >= 0.6 is 0 Å². The first-order valence-corrected chi connectivity index (χ1v) is 13.4. The van der Waals surface area contributed by atoms with Crippen LogP contribution in [0.1, 0.15) is 75.6 Å². The van der Waals surface area contributed by atoms with E-state index in [2.05, 4.69) is 21.1 Å². The van der Waals surface area contributed by atoms with Gasteiger partial charge in [0.1, 0.15) is 0 Å². The highest BCUT2D eigenvalue weighted by Gasteiger charge is 2.25. The summed E-state index contributed by atoms with van der Waals surface area (Å²) < 4.78 is 28.8. The first-order chi connectivity index (χ1) is 17.2. The molecule has 0 aliphatic rings. The number of nitriles is 1. The van der Waals surface area contributed by atoms with E-state index in [1.807, 2.05) is 27.7 Å². The minimum absolute atomic E-state index is 0.0240. The molecule has 2 aromatic carbocycles. The van der Waals surface area contributed by atoms with Crippen molar-refractivity contribution in [3.05, 3.63) is 77.1 Å². The van der Waals surface area contributed by atoms with Crippen LogP contribution < -0.4 is 10.0 Å². The lowest BCUT2D eigenvalue weighted by Gasteiger charge is -2.22. The van der Waals surface area contributed by atoms with Crippen LogP contribution in [-0.4, -0.2) is 24.5 Å². The van der Waals surface area contributed by atoms with Crippen molar-refractivity contribution < 1.29 is 18.3 Å². The summed E-state index contributed by atoms with van der Waals surface area (Å²) in [6, 6.07) is 12.6. The second kappa shape index (κ2) is 10.7. The third kappa shape index (κ3) is 6.53. The Morgan fingerprint density at radius 1 is 0.973 bits per heavy atom. The van der Waals surface area contributed by atoms with Gasteiger partial charge < -0.3 is 10.4 Å². The number of rotatable bonds is 7. The van der Waals surface area contributed by atoms with Crippen LogP contribution in [0.4, 0.5) is 10.5 Å². The van der Waals surface area contributed by atoms with Crippen LogP contribution in [0.25, 0.3) is 11.1 Å². The fourth-order valence-corrected chi connectivity index (χ4v) is 4.92. The van der Waals surface area contributed by atoms with Crippen LogP contribution in [0.3, 0.4) is 0 Å². The molecule has 37 heavy (non-hydrogen) atoms. The standard InChI is InChI=1S/C28H32N4O4S/c1-17(2)24-11-19(16-29)12-25(18(3)4)26(24)31-27(33)32-37(35,36)23-14-21(20-7-9-30-10-8-20)13-22(15-23)28(5,6)34/h7-15,17-18,34H,1-6H3,(H2,31,32,33). The molecule has 0 spiro atoms. The number of urea groups is 1. The normalized spacial score (nSPS) is 11.9. The summed E-state index contributed by atoms with van der Waals surface area (Å²) in [6.45, 7) is 10.8. The second-order valence-corrected chi connectivity index (χ2v) is 11.7. The number of aromatic nitrogens is 1. The topological polar surface area (TPSA) is 132 Å². The van der Waals surface area contributed by atoms with Crippen LogP contribution in [0.5, 0.6) is 0 Å². The second-order valence-electron chi connectivity index (χ2n) is 10.1. The van der Waals surface area contributed by atoms with Gasteiger partial charge in [0.25, 0.3) is 10.0 Å². The van der Waals surface area contributed by atoms with Crippen molar-refractivity contribution in [2.75, 3.05) is 5.32 Å². The molecule has 8 nitrogen and oxygen atoms in total. The van der Waals surface area contributed by atoms with E-state index in [1.54, 1.807) is 56.6 Å². The molecule has 1 aromatic heterocycles. The Kier molecular flexibility index (Phi) is 8.06. The smallest absolute Gasteiger partial charge is 0.333 e. The van der Waals surface area contributed by atoms with Gasteiger partial charge >= 0.3 is 6.03 Å². The van der Waals surface area contributed by atoms with E-state index in [0.29, 0.717) is 27.9 Å². The van der Waals surface area contributed by atoms with Gasteiger partial charge in [-0.15, -0.1) is 0 Å². The number of hydrogen-bond acceptors (Lipinski definition) is 6. The number of pyridine rings is 1. The maximum Gasteiger partial charge on any atom is 0.333 e. The minimum atomic E-state index is -4.31. The highest BCUT2D eigenvalue weighted by atomic mass is 32.2. The largest absolute Gasteiger partial charge is 0.386 e. The Hall–Kier alpha value is -3.74. The minimum Gasteiger partial charge on any atom is -0.386 e. The molecule has 0 atom stereocenters. The van der Waals surface area contributed by atoms with Crippen LogP contribution in [0.15, 0.2) is 59.8 Å². The number of carbonyl (C=O) groups is 1.